The molecule has 0 aliphatic heterocycles. The predicted molar refractivity (Wildman–Crippen MR) is 285 cm³/mol. The number of aromatic nitrogens is 2. The minimum atomic E-state index is 0.102. The Balaban J connectivity index is 0.935. The molecule has 9 aromatic carbocycles. The molecule has 0 saturated carbocycles. The monoisotopic (exact) mass is 894 g/mol. The molecule has 0 fully saturated rings. The molecule has 3 heterocycles. The molecule has 0 bridgehead atoms. The maximum atomic E-state index is 14.0. The van der Waals surface area contributed by atoms with Gasteiger partial charge in [-0.25, -0.2) is 0 Å². The van der Waals surface area contributed by atoms with Gasteiger partial charge in [0.25, 0.3) is 0 Å². The second-order valence-corrected chi connectivity index (χ2v) is 18.5. The summed E-state index contributed by atoms with van der Waals surface area (Å²) in [6.07, 6.45) is 4.06. The third kappa shape index (κ3) is 7.24. The molecular formula is C64H50N2O3. The zero-order chi connectivity index (χ0) is 46.6. The Labute approximate surface area is 400 Å². The van der Waals surface area contributed by atoms with Crippen molar-refractivity contribution in [1.82, 2.24) is 9.13 Å². The summed E-state index contributed by atoms with van der Waals surface area (Å²) in [4.78, 5) is 27.8. The third-order valence-electron chi connectivity index (χ3n) is 14.3. The maximum Gasteiger partial charge on any atom is 0.167 e. The summed E-state index contributed by atoms with van der Waals surface area (Å²) in [7, 11) is 0. The molecule has 1 atom stereocenters. The summed E-state index contributed by atoms with van der Waals surface area (Å²) in [5.74, 6) is 0.706. The molecule has 1 unspecified atom stereocenters. The number of carbonyl (C=O) groups excluding carboxylic acids is 2. The minimum absolute atomic E-state index is 0.102. The molecule has 12 rings (SSSR count). The number of fused-ring (bicyclic) bond motifs is 9. The lowest BCUT2D eigenvalue weighted by Gasteiger charge is -2.13. The van der Waals surface area contributed by atoms with Gasteiger partial charge < -0.3 is 13.6 Å². The van der Waals surface area contributed by atoms with Gasteiger partial charge in [-0.1, -0.05) is 173 Å². The van der Waals surface area contributed by atoms with Crippen LogP contribution in [0.5, 0.6) is 0 Å². The molecule has 0 amide bonds. The highest BCUT2D eigenvalue weighted by molar-refractivity contribution is 6.19. The van der Waals surface area contributed by atoms with Crippen LogP contribution in [0.1, 0.15) is 65.8 Å². The first-order valence-corrected chi connectivity index (χ1v) is 24.3. The summed E-state index contributed by atoms with van der Waals surface area (Å²) in [5, 5.41) is 6.45. The minimum Gasteiger partial charge on any atom is -0.455 e. The third-order valence-corrected chi connectivity index (χ3v) is 14.3. The second kappa shape index (κ2) is 17.4. The normalized spacial score (nSPS) is 12.3. The average Bonchev–Trinajstić information content (AvgIpc) is 4.06. The van der Waals surface area contributed by atoms with Crippen molar-refractivity contribution >= 4 is 77.1 Å². The molecule has 5 nitrogen and oxygen atoms in total. The molecule has 5 heteroatoms. The molecule has 0 spiro atoms. The molecule has 0 saturated heterocycles. The number of benzene rings is 9. The van der Waals surface area contributed by atoms with Gasteiger partial charge in [-0.15, -0.1) is 0 Å². The Bertz CT molecular complexity index is 3960. The van der Waals surface area contributed by atoms with Crippen molar-refractivity contribution in [2.45, 2.75) is 46.0 Å². The molecule has 69 heavy (non-hydrogen) atoms. The highest BCUT2D eigenvalue weighted by Crippen LogP contribution is 2.42. The van der Waals surface area contributed by atoms with Gasteiger partial charge in [0.05, 0.1) is 22.1 Å². The Morgan fingerprint density at radius 2 is 1.12 bits per heavy atom. The number of nitrogens with zero attached hydrogens (tertiary/aromatic N) is 2. The van der Waals surface area contributed by atoms with Crippen LogP contribution in [-0.4, -0.2) is 20.7 Å². The van der Waals surface area contributed by atoms with Crippen molar-refractivity contribution in [1.29, 1.82) is 0 Å². The van der Waals surface area contributed by atoms with E-state index >= 15 is 0 Å². The van der Waals surface area contributed by atoms with E-state index in [1.807, 2.05) is 60.7 Å². The van der Waals surface area contributed by atoms with Crippen LogP contribution in [0.3, 0.4) is 0 Å². The van der Waals surface area contributed by atoms with Crippen LogP contribution < -0.4 is 0 Å². The Morgan fingerprint density at radius 1 is 0.478 bits per heavy atom. The zero-order valence-electron chi connectivity index (χ0n) is 38.8. The van der Waals surface area contributed by atoms with Gasteiger partial charge in [0.1, 0.15) is 11.2 Å². The Hall–Kier alpha value is -8.28. The van der Waals surface area contributed by atoms with E-state index in [0.717, 1.165) is 135 Å². The Morgan fingerprint density at radius 3 is 1.96 bits per heavy atom. The first kappa shape index (κ1) is 42.1. The first-order valence-electron chi connectivity index (χ1n) is 24.3. The summed E-state index contributed by atoms with van der Waals surface area (Å²) >= 11 is 0. The molecular weight excluding hydrogens is 845 g/mol. The predicted octanol–water partition coefficient (Wildman–Crippen LogP) is 16.9. The van der Waals surface area contributed by atoms with Gasteiger partial charge in [0.15, 0.2) is 11.6 Å². The highest BCUT2D eigenvalue weighted by Gasteiger charge is 2.23. The maximum absolute atomic E-state index is 14.0. The van der Waals surface area contributed by atoms with Crippen molar-refractivity contribution < 1.29 is 14.0 Å². The van der Waals surface area contributed by atoms with E-state index in [1.165, 1.54) is 0 Å². The standard InChI is InChI=1S/C64H50N2O3/c1-3-17-41(4-2)36-61(68)53-28-16-31-59-63(53)52-25-11-13-30-57(52)66(59)45-21-14-20-43(38-45)48-26-15-27-51-55-40-46(33-35-62(55)69-64(48)51)65-56-29-12-10-23-49(56)54-39-44(32-34-58(54)65)47-22-8-9-24-50(47)60(67)37-42-18-6-5-7-19-42/h5-16,18-35,38-41H,3-4,17,36-37H2,1-2H3. The van der Waals surface area contributed by atoms with Crippen LogP contribution in [0.15, 0.2) is 205 Å². The molecule has 334 valence electrons. The largest absolute Gasteiger partial charge is 0.455 e. The van der Waals surface area contributed by atoms with Gasteiger partial charge in [-0.05, 0) is 88.8 Å². The molecule has 12 aromatic rings. The van der Waals surface area contributed by atoms with E-state index in [9.17, 15) is 9.59 Å². The van der Waals surface area contributed by atoms with E-state index in [2.05, 4.69) is 163 Å². The molecule has 0 N–H and O–H groups in total. The van der Waals surface area contributed by atoms with Crippen LogP contribution in [0.2, 0.25) is 0 Å². The SMILES string of the molecule is CCCC(CC)CC(=O)c1cccc2c1c1ccccc1n2-c1cccc(-c2cccc3c2oc2ccc(-n4c5ccccc5c5cc(-c6ccccc6C(=O)Cc6ccccc6)ccc54)cc23)c1. The number of furan rings is 1. The van der Waals surface area contributed by atoms with Gasteiger partial charge in [0, 0.05) is 73.2 Å². The molecule has 0 aliphatic carbocycles. The fourth-order valence-electron chi connectivity index (χ4n) is 11.0. The van der Waals surface area contributed by atoms with Crippen LogP contribution in [0.25, 0.3) is 99.2 Å². The van der Waals surface area contributed by atoms with Crippen LogP contribution >= 0.6 is 0 Å². The lowest BCUT2D eigenvalue weighted by molar-refractivity contribution is 0.0957. The first-order chi connectivity index (χ1) is 34.0. The van der Waals surface area contributed by atoms with Crippen molar-refractivity contribution in [3.63, 3.8) is 0 Å². The van der Waals surface area contributed by atoms with Crippen molar-refractivity contribution in [2.75, 3.05) is 0 Å². The van der Waals surface area contributed by atoms with Crippen molar-refractivity contribution in [3.8, 4) is 33.6 Å². The molecule has 0 radical (unpaired) electrons. The topological polar surface area (TPSA) is 57.1 Å². The van der Waals surface area contributed by atoms with Gasteiger partial charge in [-0.3, -0.25) is 9.59 Å². The van der Waals surface area contributed by atoms with Crippen molar-refractivity contribution in [3.05, 3.63) is 217 Å². The number of carbonyl (C=O) groups is 2. The smallest absolute Gasteiger partial charge is 0.167 e. The van der Waals surface area contributed by atoms with Crippen LogP contribution in [-0.2, 0) is 6.42 Å². The zero-order valence-corrected chi connectivity index (χ0v) is 38.8. The summed E-state index contributed by atoms with van der Waals surface area (Å²) in [6, 6.07) is 69.3. The summed E-state index contributed by atoms with van der Waals surface area (Å²) < 4.78 is 11.4. The van der Waals surface area contributed by atoms with Gasteiger partial charge >= 0.3 is 0 Å². The molecule has 0 aliphatic rings. The quantitative estimate of drug-likeness (QED) is 0.108. The Kier molecular flexibility index (Phi) is 10.6. The van der Waals surface area contributed by atoms with Crippen LogP contribution in [0.4, 0.5) is 0 Å². The number of Topliss-reactive ketones (excluding diaryl/α,β-unsaturated/α-hetero) is 2. The molecule has 3 aromatic heterocycles. The van der Waals surface area contributed by atoms with Gasteiger partial charge in [-0.2, -0.15) is 0 Å². The fourth-order valence-corrected chi connectivity index (χ4v) is 11.0. The lowest BCUT2D eigenvalue weighted by Crippen LogP contribution is -2.08. The van der Waals surface area contributed by atoms with Gasteiger partial charge in [0.2, 0.25) is 0 Å². The number of hydrogen-bond acceptors (Lipinski definition) is 3. The van der Waals surface area contributed by atoms with Crippen LogP contribution in [0, 0.1) is 5.92 Å². The number of rotatable bonds is 13. The lowest BCUT2D eigenvalue weighted by atomic mass is 9.91. The summed E-state index contributed by atoms with van der Waals surface area (Å²) in [6.45, 7) is 4.39. The number of ketones is 2. The van der Waals surface area contributed by atoms with E-state index in [0.29, 0.717) is 18.8 Å². The van der Waals surface area contributed by atoms with E-state index in [4.69, 9.17) is 4.42 Å². The second-order valence-electron chi connectivity index (χ2n) is 18.5. The van der Waals surface area contributed by atoms with E-state index in [1.54, 1.807) is 0 Å². The van der Waals surface area contributed by atoms with Crippen molar-refractivity contribution in [2.24, 2.45) is 5.92 Å². The summed E-state index contributed by atoms with van der Waals surface area (Å²) in [5.41, 5.74) is 14.5. The number of hydrogen-bond donors (Lipinski definition) is 0. The van der Waals surface area contributed by atoms with E-state index in [-0.39, 0.29) is 11.6 Å². The highest BCUT2D eigenvalue weighted by atomic mass is 16.3. The fraction of sp³-hybridized carbons (Fsp3) is 0.125. The van der Waals surface area contributed by atoms with E-state index < -0.39 is 0 Å². The number of para-hydroxylation sites is 3. The average molecular weight is 895 g/mol.